The molecule has 2 heterocycles. The average Bonchev–Trinajstić information content (AvgIpc) is 2.72. The molecular formula is C10H9ClN2O2. The van der Waals surface area contributed by atoms with E-state index in [1.165, 1.54) is 7.11 Å². The molecule has 0 unspecified atom stereocenters. The first kappa shape index (κ1) is 9.98. The van der Waals surface area contributed by atoms with Gasteiger partial charge >= 0.3 is 0 Å². The summed E-state index contributed by atoms with van der Waals surface area (Å²) in [5.74, 6) is 1.32. The smallest absolute Gasteiger partial charge is 0.258 e. The molecule has 0 saturated carbocycles. The van der Waals surface area contributed by atoms with Gasteiger partial charge in [0.2, 0.25) is 0 Å². The van der Waals surface area contributed by atoms with Crippen LogP contribution in [0, 0.1) is 0 Å². The van der Waals surface area contributed by atoms with Crippen molar-refractivity contribution < 1.29 is 9.26 Å². The Balaban J connectivity index is 2.49. The minimum Gasteiger partial charge on any atom is -0.479 e. The van der Waals surface area contributed by atoms with Crippen LogP contribution in [-0.4, -0.2) is 17.3 Å². The van der Waals surface area contributed by atoms with Crippen LogP contribution in [0.4, 0.5) is 0 Å². The highest BCUT2D eigenvalue weighted by Gasteiger charge is 2.17. The molecule has 0 radical (unpaired) electrons. The summed E-state index contributed by atoms with van der Waals surface area (Å²) in [7, 11) is 1.53. The van der Waals surface area contributed by atoms with Gasteiger partial charge in [0, 0.05) is 18.0 Å². The normalized spacial score (nSPS) is 10.3. The Kier molecular flexibility index (Phi) is 2.87. The van der Waals surface area contributed by atoms with Crippen molar-refractivity contribution in [2.45, 2.75) is 5.88 Å². The first-order valence-electron chi connectivity index (χ1n) is 4.35. The molecule has 2 aromatic heterocycles. The number of nitrogens with zero attached hydrogens (tertiary/aromatic N) is 2. The van der Waals surface area contributed by atoms with Crippen LogP contribution in [0.5, 0.6) is 5.88 Å². The van der Waals surface area contributed by atoms with Crippen LogP contribution < -0.4 is 4.74 Å². The molecule has 15 heavy (non-hydrogen) atoms. The van der Waals surface area contributed by atoms with E-state index in [0.29, 0.717) is 11.6 Å². The van der Waals surface area contributed by atoms with E-state index < -0.39 is 0 Å². The van der Waals surface area contributed by atoms with Gasteiger partial charge in [-0.3, -0.25) is 4.98 Å². The van der Waals surface area contributed by atoms with Gasteiger partial charge in [-0.1, -0.05) is 0 Å². The lowest BCUT2D eigenvalue weighted by Gasteiger charge is -1.98. The zero-order chi connectivity index (χ0) is 10.7. The standard InChI is InChI=1S/C10H9ClN2O2/c1-14-10-8(5-11)9(15-13-10)7-3-2-4-12-6-7/h2-4,6H,5H2,1H3. The van der Waals surface area contributed by atoms with Crippen molar-refractivity contribution in [3.05, 3.63) is 30.1 Å². The van der Waals surface area contributed by atoms with Gasteiger partial charge in [0.05, 0.1) is 18.6 Å². The number of rotatable bonds is 3. The van der Waals surface area contributed by atoms with Gasteiger partial charge in [-0.15, -0.1) is 11.6 Å². The summed E-state index contributed by atoms with van der Waals surface area (Å²) in [6.07, 6.45) is 3.38. The Morgan fingerprint density at radius 3 is 3.00 bits per heavy atom. The molecule has 0 atom stereocenters. The number of aromatic nitrogens is 2. The zero-order valence-corrected chi connectivity index (χ0v) is 8.86. The first-order valence-corrected chi connectivity index (χ1v) is 4.89. The molecule has 78 valence electrons. The fourth-order valence-corrected chi connectivity index (χ4v) is 1.53. The maximum Gasteiger partial charge on any atom is 0.258 e. The zero-order valence-electron chi connectivity index (χ0n) is 8.11. The van der Waals surface area contributed by atoms with E-state index in [1.54, 1.807) is 12.4 Å². The van der Waals surface area contributed by atoms with E-state index in [-0.39, 0.29) is 5.88 Å². The number of pyridine rings is 1. The number of hydrogen-bond acceptors (Lipinski definition) is 4. The van der Waals surface area contributed by atoms with Gasteiger partial charge in [-0.25, -0.2) is 0 Å². The largest absolute Gasteiger partial charge is 0.479 e. The topological polar surface area (TPSA) is 48.2 Å². The Bertz CT molecular complexity index is 442. The molecule has 0 amide bonds. The molecule has 0 bridgehead atoms. The summed E-state index contributed by atoms with van der Waals surface area (Å²) >= 11 is 5.81. The lowest BCUT2D eigenvalue weighted by atomic mass is 10.1. The SMILES string of the molecule is COc1noc(-c2cccnc2)c1CCl. The molecule has 0 aliphatic carbocycles. The number of methoxy groups -OCH3 is 1. The fourth-order valence-electron chi connectivity index (χ4n) is 1.30. The molecule has 0 spiro atoms. The molecule has 0 saturated heterocycles. The van der Waals surface area contributed by atoms with Crippen LogP contribution in [0.3, 0.4) is 0 Å². The Morgan fingerprint density at radius 2 is 2.40 bits per heavy atom. The van der Waals surface area contributed by atoms with Crippen LogP contribution in [0.2, 0.25) is 0 Å². The van der Waals surface area contributed by atoms with Gasteiger partial charge in [0.25, 0.3) is 5.88 Å². The third kappa shape index (κ3) is 1.80. The Morgan fingerprint density at radius 1 is 1.53 bits per heavy atom. The van der Waals surface area contributed by atoms with Crippen LogP contribution >= 0.6 is 11.6 Å². The van der Waals surface area contributed by atoms with E-state index in [4.69, 9.17) is 20.9 Å². The van der Waals surface area contributed by atoms with Crippen molar-refractivity contribution in [2.24, 2.45) is 0 Å². The quantitative estimate of drug-likeness (QED) is 0.752. The minimum absolute atomic E-state index is 0.289. The highest BCUT2D eigenvalue weighted by molar-refractivity contribution is 6.17. The first-order chi connectivity index (χ1) is 7.36. The van der Waals surface area contributed by atoms with Crippen LogP contribution in [0.15, 0.2) is 29.0 Å². The van der Waals surface area contributed by atoms with E-state index in [1.807, 2.05) is 12.1 Å². The second-order valence-corrected chi connectivity index (χ2v) is 3.14. The maximum absolute atomic E-state index is 5.81. The predicted octanol–water partition coefficient (Wildman–Crippen LogP) is 2.48. The van der Waals surface area contributed by atoms with Crippen molar-refractivity contribution in [3.63, 3.8) is 0 Å². The summed E-state index contributed by atoms with van der Waals surface area (Å²) in [6.45, 7) is 0. The summed E-state index contributed by atoms with van der Waals surface area (Å²) < 4.78 is 10.2. The number of alkyl halides is 1. The lowest BCUT2D eigenvalue weighted by molar-refractivity contribution is 0.342. The second-order valence-electron chi connectivity index (χ2n) is 2.87. The van der Waals surface area contributed by atoms with Gasteiger partial charge < -0.3 is 9.26 Å². The molecule has 5 heteroatoms. The Hall–Kier alpha value is -1.55. The molecule has 0 aromatic carbocycles. The van der Waals surface area contributed by atoms with Gasteiger partial charge in [0.1, 0.15) is 0 Å². The van der Waals surface area contributed by atoms with Crippen molar-refractivity contribution >= 4 is 11.6 Å². The molecule has 2 rings (SSSR count). The maximum atomic E-state index is 5.81. The summed E-state index contributed by atoms with van der Waals surface area (Å²) in [5, 5.41) is 3.77. The molecule has 0 aliphatic heterocycles. The van der Waals surface area contributed by atoms with Gasteiger partial charge in [0.15, 0.2) is 5.76 Å². The number of ether oxygens (including phenoxy) is 1. The third-order valence-corrected chi connectivity index (χ3v) is 2.27. The lowest BCUT2D eigenvalue weighted by Crippen LogP contribution is -1.88. The molecule has 0 fully saturated rings. The monoisotopic (exact) mass is 224 g/mol. The van der Waals surface area contributed by atoms with E-state index in [0.717, 1.165) is 11.1 Å². The number of hydrogen-bond donors (Lipinski definition) is 0. The van der Waals surface area contributed by atoms with Crippen LogP contribution in [0.1, 0.15) is 5.56 Å². The average molecular weight is 225 g/mol. The predicted molar refractivity (Wildman–Crippen MR) is 55.8 cm³/mol. The summed E-state index contributed by atoms with van der Waals surface area (Å²) in [6, 6.07) is 3.70. The highest BCUT2D eigenvalue weighted by atomic mass is 35.5. The Labute approximate surface area is 91.8 Å². The second kappa shape index (κ2) is 4.31. The molecule has 0 aliphatic rings. The van der Waals surface area contributed by atoms with Crippen LogP contribution in [-0.2, 0) is 5.88 Å². The van der Waals surface area contributed by atoms with Gasteiger partial charge in [-0.05, 0) is 17.3 Å². The molecule has 2 aromatic rings. The van der Waals surface area contributed by atoms with Crippen molar-refractivity contribution in [1.82, 2.24) is 10.1 Å². The van der Waals surface area contributed by atoms with E-state index in [2.05, 4.69) is 10.1 Å². The molecular weight excluding hydrogens is 216 g/mol. The van der Waals surface area contributed by atoms with Crippen molar-refractivity contribution in [2.75, 3.05) is 7.11 Å². The van der Waals surface area contributed by atoms with E-state index >= 15 is 0 Å². The molecule has 0 N–H and O–H groups in total. The molecule has 4 nitrogen and oxygen atoms in total. The number of halogens is 1. The summed E-state index contributed by atoms with van der Waals surface area (Å²) in [4.78, 5) is 4.00. The summed E-state index contributed by atoms with van der Waals surface area (Å²) in [5.41, 5.74) is 1.58. The van der Waals surface area contributed by atoms with Gasteiger partial charge in [-0.2, -0.15) is 0 Å². The third-order valence-electron chi connectivity index (χ3n) is 2.00. The van der Waals surface area contributed by atoms with Crippen molar-refractivity contribution in [3.8, 4) is 17.2 Å². The fraction of sp³-hybridized carbons (Fsp3) is 0.200. The minimum atomic E-state index is 0.289. The van der Waals surface area contributed by atoms with E-state index in [9.17, 15) is 0 Å². The highest BCUT2D eigenvalue weighted by Crippen LogP contribution is 2.31. The van der Waals surface area contributed by atoms with Crippen LogP contribution in [0.25, 0.3) is 11.3 Å². The van der Waals surface area contributed by atoms with Crippen molar-refractivity contribution in [1.29, 1.82) is 0 Å².